The van der Waals surface area contributed by atoms with E-state index in [1.165, 1.54) is 4.90 Å². The molecule has 0 spiro atoms. The number of carbonyl (C=O) groups is 1. The second-order valence-electron chi connectivity index (χ2n) is 11.4. The first kappa shape index (κ1) is 29.7. The monoisotopic (exact) mass is 582 g/mol. The SMILES string of the molecule is CCOc1cc(C(C)(C)C)ncc1C1=N[C@@](C)(c2ccc(Cl)cc2)[C@@](C)(c2ccc(Cl)cc2)N1OC(=O)N(C)C. The number of hydrogen-bond acceptors (Lipinski definition) is 6. The van der Waals surface area contributed by atoms with Gasteiger partial charge in [0, 0.05) is 47.5 Å². The molecule has 40 heavy (non-hydrogen) atoms. The molecule has 0 unspecified atom stereocenters. The maximum absolute atomic E-state index is 13.2. The number of carbonyl (C=O) groups excluding carboxylic acids is 1. The molecular formula is C31H36Cl2N4O3. The van der Waals surface area contributed by atoms with Crippen LogP contribution in [0, 0.1) is 0 Å². The van der Waals surface area contributed by atoms with Crippen LogP contribution in [-0.4, -0.2) is 47.6 Å². The first-order chi connectivity index (χ1) is 18.7. The number of ether oxygens (including phenoxy) is 1. The molecule has 0 bridgehead atoms. The molecule has 9 heteroatoms. The van der Waals surface area contributed by atoms with Crippen LogP contribution < -0.4 is 4.74 Å². The standard InChI is InChI=1S/C31H36Cl2N4O3/c1-9-39-25-18-26(29(2,3)4)34-19-24(25)27-35-30(5,20-10-14-22(32)15-11-20)31(6,21-12-16-23(33)17-13-21)37(27)40-28(38)36(7)8/h10-19H,9H2,1-8H3/t30-,31+/m0/s1. The molecule has 1 aromatic heterocycles. The lowest BCUT2D eigenvalue weighted by atomic mass is 9.71. The lowest BCUT2D eigenvalue weighted by molar-refractivity contribution is -0.129. The summed E-state index contributed by atoms with van der Waals surface area (Å²) in [5.41, 5.74) is 1.05. The predicted molar refractivity (Wildman–Crippen MR) is 160 cm³/mol. The van der Waals surface area contributed by atoms with Gasteiger partial charge in [-0.25, -0.2) is 4.79 Å². The fraction of sp³-hybridized carbons (Fsp3) is 0.387. The van der Waals surface area contributed by atoms with Gasteiger partial charge in [-0.15, -0.1) is 0 Å². The van der Waals surface area contributed by atoms with Crippen molar-refractivity contribution in [1.29, 1.82) is 0 Å². The number of halogens is 2. The van der Waals surface area contributed by atoms with Crippen LogP contribution in [0.1, 0.15) is 63.9 Å². The molecule has 0 saturated heterocycles. The van der Waals surface area contributed by atoms with E-state index >= 15 is 0 Å². The highest BCUT2D eigenvalue weighted by Crippen LogP contribution is 2.53. The Labute approximate surface area is 246 Å². The molecule has 212 valence electrons. The smallest absolute Gasteiger partial charge is 0.433 e. The third-order valence-corrected chi connectivity index (χ3v) is 7.90. The molecule has 0 N–H and O–H groups in total. The van der Waals surface area contributed by atoms with E-state index < -0.39 is 17.2 Å². The summed E-state index contributed by atoms with van der Waals surface area (Å²) in [6, 6.07) is 17.0. The Kier molecular flexibility index (Phi) is 8.12. The zero-order chi connectivity index (χ0) is 29.5. The van der Waals surface area contributed by atoms with Gasteiger partial charge in [-0.2, -0.15) is 5.06 Å². The van der Waals surface area contributed by atoms with Crippen LogP contribution in [0.3, 0.4) is 0 Å². The normalized spacial score (nSPS) is 20.8. The molecular weight excluding hydrogens is 547 g/mol. The van der Waals surface area contributed by atoms with Crippen LogP contribution in [0.5, 0.6) is 5.75 Å². The molecule has 0 saturated carbocycles. The van der Waals surface area contributed by atoms with Gasteiger partial charge >= 0.3 is 6.09 Å². The molecule has 2 aromatic carbocycles. The lowest BCUT2D eigenvalue weighted by Gasteiger charge is -2.44. The van der Waals surface area contributed by atoms with Gasteiger partial charge < -0.3 is 14.5 Å². The Hall–Kier alpha value is -3.29. The van der Waals surface area contributed by atoms with Crippen molar-refractivity contribution in [1.82, 2.24) is 14.9 Å². The molecule has 7 nitrogen and oxygen atoms in total. The number of pyridine rings is 1. The summed E-state index contributed by atoms with van der Waals surface area (Å²) >= 11 is 12.6. The highest BCUT2D eigenvalue weighted by Gasteiger charge is 2.60. The topological polar surface area (TPSA) is 67.3 Å². The molecule has 2 atom stereocenters. The molecule has 0 fully saturated rings. The van der Waals surface area contributed by atoms with Gasteiger partial charge in [0.15, 0.2) is 5.84 Å². The fourth-order valence-electron chi connectivity index (χ4n) is 4.82. The number of rotatable bonds is 6. The molecule has 0 aliphatic carbocycles. The molecule has 2 heterocycles. The van der Waals surface area contributed by atoms with Crippen LogP contribution >= 0.6 is 23.2 Å². The van der Waals surface area contributed by atoms with Crippen LogP contribution in [0.2, 0.25) is 10.0 Å². The van der Waals surface area contributed by atoms with Crippen LogP contribution in [0.15, 0.2) is 65.8 Å². The van der Waals surface area contributed by atoms with Crippen molar-refractivity contribution < 1.29 is 14.4 Å². The molecule has 1 aliphatic heterocycles. The van der Waals surface area contributed by atoms with E-state index in [4.69, 9.17) is 42.8 Å². The minimum Gasteiger partial charge on any atom is -0.493 e. The van der Waals surface area contributed by atoms with E-state index in [-0.39, 0.29) is 5.41 Å². The molecule has 1 amide bonds. The third kappa shape index (κ3) is 5.25. The van der Waals surface area contributed by atoms with E-state index in [0.717, 1.165) is 16.8 Å². The second-order valence-corrected chi connectivity index (χ2v) is 12.3. The number of amides is 1. The number of benzene rings is 2. The van der Waals surface area contributed by atoms with Crippen molar-refractivity contribution in [2.45, 2.75) is 58.0 Å². The van der Waals surface area contributed by atoms with Crippen molar-refractivity contribution >= 4 is 35.1 Å². The van der Waals surface area contributed by atoms with Crippen molar-refractivity contribution in [3.05, 3.63) is 93.2 Å². The van der Waals surface area contributed by atoms with Crippen LogP contribution in [0.4, 0.5) is 4.79 Å². The predicted octanol–water partition coefficient (Wildman–Crippen LogP) is 7.59. The number of hydrogen-bond donors (Lipinski definition) is 0. The van der Waals surface area contributed by atoms with Crippen LogP contribution in [0.25, 0.3) is 0 Å². The van der Waals surface area contributed by atoms with E-state index in [1.54, 1.807) is 25.4 Å². The summed E-state index contributed by atoms with van der Waals surface area (Å²) in [4.78, 5) is 30.8. The number of aromatic nitrogens is 1. The van der Waals surface area contributed by atoms with E-state index in [2.05, 4.69) is 20.8 Å². The summed E-state index contributed by atoms with van der Waals surface area (Å²) in [6.45, 7) is 12.7. The van der Waals surface area contributed by atoms with Crippen molar-refractivity contribution in [3.8, 4) is 5.75 Å². The maximum Gasteiger partial charge on any atom is 0.433 e. The average Bonchev–Trinajstić information content (AvgIpc) is 3.12. The van der Waals surface area contributed by atoms with Crippen molar-refractivity contribution in [2.75, 3.05) is 20.7 Å². The summed E-state index contributed by atoms with van der Waals surface area (Å²) < 4.78 is 6.13. The van der Waals surface area contributed by atoms with Crippen molar-refractivity contribution in [2.24, 2.45) is 4.99 Å². The highest BCUT2D eigenvalue weighted by molar-refractivity contribution is 6.30. The van der Waals surface area contributed by atoms with Gasteiger partial charge in [-0.3, -0.25) is 9.98 Å². The minimum absolute atomic E-state index is 0.200. The summed E-state index contributed by atoms with van der Waals surface area (Å²) in [5.74, 6) is 1.02. The van der Waals surface area contributed by atoms with Crippen molar-refractivity contribution in [3.63, 3.8) is 0 Å². The van der Waals surface area contributed by atoms with Gasteiger partial charge in [0.25, 0.3) is 0 Å². The van der Waals surface area contributed by atoms with Gasteiger partial charge in [0.05, 0.1) is 12.2 Å². The largest absolute Gasteiger partial charge is 0.493 e. The zero-order valence-electron chi connectivity index (χ0n) is 24.3. The Morgan fingerprint density at radius 1 is 0.975 bits per heavy atom. The van der Waals surface area contributed by atoms with E-state index in [1.807, 2.05) is 75.4 Å². The zero-order valence-corrected chi connectivity index (χ0v) is 25.8. The molecule has 3 aromatic rings. The van der Waals surface area contributed by atoms with E-state index in [0.29, 0.717) is 33.8 Å². The maximum atomic E-state index is 13.2. The van der Waals surface area contributed by atoms with Gasteiger partial charge in [0.1, 0.15) is 16.8 Å². The number of aliphatic imine (C=N–C) groups is 1. The quantitative estimate of drug-likeness (QED) is 0.299. The van der Waals surface area contributed by atoms with E-state index in [9.17, 15) is 4.79 Å². The first-order valence-electron chi connectivity index (χ1n) is 13.2. The number of nitrogens with zero attached hydrogens (tertiary/aromatic N) is 4. The summed E-state index contributed by atoms with van der Waals surface area (Å²) in [5, 5.41) is 2.79. The van der Waals surface area contributed by atoms with Gasteiger partial charge in [0.2, 0.25) is 0 Å². The number of hydroxylamine groups is 2. The Morgan fingerprint density at radius 3 is 2.02 bits per heavy atom. The summed E-state index contributed by atoms with van der Waals surface area (Å²) in [7, 11) is 3.27. The minimum atomic E-state index is -1.02. The van der Waals surface area contributed by atoms with Crippen LogP contribution in [-0.2, 0) is 21.3 Å². The highest BCUT2D eigenvalue weighted by atomic mass is 35.5. The average molecular weight is 584 g/mol. The summed E-state index contributed by atoms with van der Waals surface area (Å²) in [6.07, 6.45) is 1.20. The lowest BCUT2D eigenvalue weighted by Crippen LogP contribution is -2.54. The molecule has 4 rings (SSSR count). The first-order valence-corrected chi connectivity index (χ1v) is 13.9. The Balaban J connectivity index is 2.04. The number of amidine groups is 1. The molecule has 1 aliphatic rings. The Bertz CT molecular complexity index is 1420. The fourth-order valence-corrected chi connectivity index (χ4v) is 5.07. The van der Waals surface area contributed by atoms with Gasteiger partial charge in [-0.05, 0) is 56.2 Å². The van der Waals surface area contributed by atoms with Gasteiger partial charge in [-0.1, -0.05) is 68.2 Å². The second kappa shape index (κ2) is 10.9. The third-order valence-electron chi connectivity index (χ3n) is 7.40. The molecule has 0 radical (unpaired) electrons. The Morgan fingerprint density at radius 2 is 1.52 bits per heavy atom.